The average Bonchev–Trinajstić information content (AvgIpc) is 2.32. The molecule has 0 aromatic heterocycles. The third-order valence-electron chi connectivity index (χ3n) is 2.88. The van der Waals surface area contributed by atoms with E-state index in [0.29, 0.717) is 6.54 Å². The van der Waals surface area contributed by atoms with E-state index in [1.165, 1.54) is 17.7 Å². The van der Waals surface area contributed by atoms with Crippen LogP contribution >= 0.6 is 15.9 Å². The van der Waals surface area contributed by atoms with E-state index >= 15 is 0 Å². The van der Waals surface area contributed by atoms with Gasteiger partial charge >= 0.3 is 0 Å². The van der Waals surface area contributed by atoms with Gasteiger partial charge in [0.1, 0.15) is 5.82 Å². The molecule has 0 aliphatic heterocycles. The number of benzene rings is 2. The molecule has 0 spiro atoms. The van der Waals surface area contributed by atoms with Gasteiger partial charge < -0.3 is 5.32 Å². The highest BCUT2D eigenvalue weighted by molar-refractivity contribution is 9.10. The molecular weight excluding hydrogens is 293 g/mol. The minimum Gasteiger partial charge on any atom is -0.381 e. The van der Waals surface area contributed by atoms with Crippen LogP contribution in [0, 0.1) is 19.7 Å². The molecule has 0 amide bonds. The van der Waals surface area contributed by atoms with Crippen LogP contribution in [0.5, 0.6) is 0 Å². The minimum atomic E-state index is -0.217. The molecule has 0 unspecified atom stereocenters. The zero-order chi connectivity index (χ0) is 13.1. The largest absolute Gasteiger partial charge is 0.381 e. The number of aryl methyl sites for hydroxylation is 2. The van der Waals surface area contributed by atoms with Gasteiger partial charge in [-0.2, -0.15) is 0 Å². The summed E-state index contributed by atoms with van der Waals surface area (Å²) in [6.07, 6.45) is 0. The van der Waals surface area contributed by atoms with Gasteiger partial charge in [-0.15, -0.1) is 0 Å². The SMILES string of the molecule is Cc1ccc(CNc2cc(F)ccc2C)c(Br)c1. The molecule has 0 saturated carbocycles. The van der Waals surface area contributed by atoms with Gasteiger partial charge in [0, 0.05) is 16.7 Å². The molecule has 18 heavy (non-hydrogen) atoms. The Balaban J connectivity index is 2.13. The van der Waals surface area contributed by atoms with Crippen LogP contribution in [-0.4, -0.2) is 0 Å². The van der Waals surface area contributed by atoms with Crippen molar-refractivity contribution in [1.82, 2.24) is 0 Å². The summed E-state index contributed by atoms with van der Waals surface area (Å²) in [5.41, 5.74) is 4.25. The molecule has 94 valence electrons. The van der Waals surface area contributed by atoms with E-state index < -0.39 is 0 Å². The Kier molecular flexibility index (Phi) is 4.02. The quantitative estimate of drug-likeness (QED) is 0.857. The first-order valence-electron chi connectivity index (χ1n) is 5.81. The van der Waals surface area contributed by atoms with Gasteiger partial charge in [-0.1, -0.05) is 34.1 Å². The molecule has 0 fully saturated rings. The van der Waals surface area contributed by atoms with Crippen LogP contribution in [0.2, 0.25) is 0 Å². The van der Waals surface area contributed by atoms with Crippen LogP contribution in [0.4, 0.5) is 10.1 Å². The molecule has 0 saturated heterocycles. The average molecular weight is 308 g/mol. The standard InChI is InChI=1S/C15H15BrFN/c1-10-3-5-12(14(16)7-10)9-18-15-8-13(17)6-4-11(15)2/h3-8,18H,9H2,1-2H3. The van der Waals surface area contributed by atoms with E-state index in [1.54, 1.807) is 6.07 Å². The molecule has 0 atom stereocenters. The predicted octanol–water partition coefficient (Wildman–Crippen LogP) is 4.82. The highest BCUT2D eigenvalue weighted by Crippen LogP contribution is 2.21. The second-order valence-electron chi connectivity index (χ2n) is 4.41. The summed E-state index contributed by atoms with van der Waals surface area (Å²) >= 11 is 3.54. The number of hydrogen-bond donors (Lipinski definition) is 1. The van der Waals surface area contributed by atoms with Crippen molar-refractivity contribution in [2.75, 3.05) is 5.32 Å². The summed E-state index contributed by atoms with van der Waals surface area (Å²) in [6, 6.07) is 11.0. The van der Waals surface area contributed by atoms with Crippen molar-refractivity contribution in [3.05, 3.63) is 63.4 Å². The van der Waals surface area contributed by atoms with Crippen molar-refractivity contribution in [3.63, 3.8) is 0 Å². The van der Waals surface area contributed by atoms with Crippen molar-refractivity contribution >= 4 is 21.6 Å². The van der Waals surface area contributed by atoms with Crippen molar-refractivity contribution in [1.29, 1.82) is 0 Å². The van der Waals surface area contributed by atoms with Crippen LogP contribution in [0.25, 0.3) is 0 Å². The van der Waals surface area contributed by atoms with Gasteiger partial charge in [0.2, 0.25) is 0 Å². The molecule has 2 aromatic carbocycles. The molecule has 0 radical (unpaired) electrons. The van der Waals surface area contributed by atoms with Crippen LogP contribution in [0.15, 0.2) is 40.9 Å². The molecule has 2 aromatic rings. The summed E-state index contributed by atoms with van der Waals surface area (Å²) in [4.78, 5) is 0. The lowest BCUT2D eigenvalue weighted by Crippen LogP contribution is -2.02. The second kappa shape index (κ2) is 5.53. The topological polar surface area (TPSA) is 12.0 Å². The summed E-state index contributed by atoms with van der Waals surface area (Å²) in [6.45, 7) is 4.69. The van der Waals surface area contributed by atoms with E-state index in [1.807, 2.05) is 6.92 Å². The maximum Gasteiger partial charge on any atom is 0.125 e. The van der Waals surface area contributed by atoms with Crippen molar-refractivity contribution < 1.29 is 4.39 Å². The number of halogens is 2. The number of rotatable bonds is 3. The first kappa shape index (κ1) is 13.1. The second-order valence-corrected chi connectivity index (χ2v) is 5.26. The molecule has 0 aliphatic rings. The molecule has 0 bridgehead atoms. The normalized spacial score (nSPS) is 10.4. The van der Waals surface area contributed by atoms with Gasteiger partial charge in [-0.25, -0.2) is 4.39 Å². The summed E-state index contributed by atoms with van der Waals surface area (Å²) < 4.78 is 14.2. The molecule has 0 aliphatic carbocycles. The lowest BCUT2D eigenvalue weighted by atomic mass is 10.1. The lowest BCUT2D eigenvalue weighted by Gasteiger charge is -2.11. The predicted molar refractivity (Wildman–Crippen MR) is 77.3 cm³/mol. The zero-order valence-corrected chi connectivity index (χ0v) is 12.0. The Hall–Kier alpha value is -1.35. The number of anilines is 1. The van der Waals surface area contributed by atoms with Gasteiger partial charge in [0.25, 0.3) is 0 Å². The smallest absolute Gasteiger partial charge is 0.125 e. The third kappa shape index (κ3) is 3.10. The highest BCUT2D eigenvalue weighted by Gasteiger charge is 2.03. The maximum absolute atomic E-state index is 13.2. The monoisotopic (exact) mass is 307 g/mol. The highest BCUT2D eigenvalue weighted by atomic mass is 79.9. The van der Waals surface area contributed by atoms with Crippen LogP contribution in [0.1, 0.15) is 16.7 Å². The molecule has 1 N–H and O–H groups in total. The Morgan fingerprint density at radius 3 is 2.61 bits per heavy atom. The van der Waals surface area contributed by atoms with E-state index in [4.69, 9.17) is 0 Å². The van der Waals surface area contributed by atoms with Gasteiger partial charge in [0.15, 0.2) is 0 Å². The number of hydrogen-bond acceptors (Lipinski definition) is 1. The summed E-state index contributed by atoms with van der Waals surface area (Å²) in [7, 11) is 0. The van der Waals surface area contributed by atoms with Crippen molar-refractivity contribution in [3.8, 4) is 0 Å². The van der Waals surface area contributed by atoms with Gasteiger partial charge in [-0.3, -0.25) is 0 Å². The van der Waals surface area contributed by atoms with Crippen molar-refractivity contribution in [2.24, 2.45) is 0 Å². The molecule has 0 heterocycles. The number of nitrogens with one attached hydrogen (secondary N) is 1. The van der Waals surface area contributed by atoms with Crippen LogP contribution in [0.3, 0.4) is 0 Å². The van der Waals surface area contributed by atoms with Gasteiger partial charge in [-0.05, 0) is 48.7 Å². The Bertz CT molecular complexity index is 566. The zero-order valence-electron chi connectivity index (χ0n) is 10.4. The van der Waals surface area contributed by atoms with Crippen molar-refractivity contribution in [2.45, 2.75) is 20.4 Å². The van der Waals surface area contributed by atoms with E-state index in [-0.39, 0.29) is 5.82 Å². The molecule has 2 rings (SSSR count). The van der Waals surface area contributed by atoms with Crippen LogP contribution < -0.4 is 5.32 Å². The Morgan fingerprint density at radius 1 is 1.11 bits per heavy atom. The molecule has 1 nitrogen and oxygen atoms in total. The fourth-order valence-electron chi connectivity index (χ4n) is 1.77. The summed E-state index contributed by atoms with van der Waals surface area (Å²) in [5, 5.41) is 3.26. The Morgan fingerprint density at radius 2 is 1.89 bits per heavy atom. The summed E-state index contributed by atoms with van der Waals surface area (Å²) in [5.74, 6) is -0.217. The van der Waals surface area contributed by atoms with E-state index in [0.717, 1.165) is 21.3 Å². The molecule has 3 heteroatoms. The van der Waals surface area contributed by atoms with E-state index in [2.05, 4.69) is 46.4 Å². The lowest BCUT2D eigenvalue weighted by molar-refractivity contribution is 0.628. The van der Waals surface area contributed by atoms with E-state index in [9.17, 15) is 4.39 Å². The Labute approximate surface area is 115 Å². The minimum absolute atomic E-state index is 0.217. The maximum atomic E-state index is 13.2. The first-order valence-corrected chi connectivity index (χ1v) is 6.60. The van der Waals surface area contributed by atoms with Crippen LogP contribution in [-0.2, 0) is 6.54 Å². The fourth-order valence-corrected chi connectivity index (χ4v) is 2.40. The van der Waals surface area contributed by atoms with Gasteiger partial charge in [0.05, 0.1) is 0 Å². The third-order valence-corrected chi connectivity index (χ3v) is 3.62. The fraction of sp³-hybridized carbons (Fsp3) is 0.200. The molecular formula is C15H15BrFN. The first-order chi connectivity index (χ1) is 8.56.